The highest BCUT2D eigenvalue weighted by molar-refractivity contribution is 7.89. The number of benzene rings is 1. The van der Waals surface area contributed by atoms with Crippen molar-refractivity contribution < 1.29 is 13.2 Å². The van der Waals surface area contributed by atoms with E-state index in [0.717, 1.165) is 51.4 Å². The van der Waals surface area contributed by atoms with Gasteiger partial charge in [-0.1, -0.05) is 38.5 Å². The van der Waals surface area contributed by atoms with Gasteiger partial charge in [0, 0.05) is 30.2 Å². The number of nitrogens with one attached hydrogen (secondary N) is 1. The van der Waals surface area contributed by atoms with Gasteiger partial charge >= 0.3 is 0 Å². The Bertz CT molecular complexity index is 950. The lowest BCUT2D eigenvalue weighted by Gasteiger charge is -2.40. The zero-order valence-electron chi connectivity index (χ0n) is 17.7. The van der Waals surface area contributed by atoms with Crippen molar-refractivity contribution in [2.75, 3.05) is 5.32 Å². The lowest BCUT2D eigenvalue weighted by molar-refractivity contribution is 0.102. The zero-order chi connectivity index (χ0) is 21.7. The molecule has 166 valence electrons. The number of anilines is 1. The number of nitrogens with zero attached hydrogens (tertiary/aromatic N) is 3. The normalized spacial score (nSPS) is 18.7. The van der Waals surface area contributed by atoms with Gasteiger partial charge in [-0.3, -0.25) is 9.78 Å². The number of sulfonamides is 1. The van der Waals surface area contributed by atoms with E-state index in [1.165, 1.54) is 31.4 Å². The number of aromatic nitrogens is 2. The molecule has 0 radical (unpaired) electrons. The van der Waals surface area contributed by atoms with Crippen LogP contribution in [0.2, 0.25) is 0 Å². The third kappa shape index (κ3) is 5.13. The fourth-order valence-corrected chi connectivity index (χ4v) is 6.74. The fraction of sp³-hybridized carbons (Fsp3) is 0.522. The molecule has 0 spiro atoms. The summed E-state index contributed by atoms with van der Waals surface area (Å²) in [5, 5.41) is 2.74. The summed E-state index contributed by atoms with van der Waals surface area (Å²) in [6.45, 7) is 0. The molecule has 2 aliphatic rings. The summed E-state index contributed by atoms with van der Waals surface area (Å²) in [5.41, 5.74) is 0.733. The van der Waals surface area contributed by atoms with Crippen LogP contribution < -0.4 is 5.32 Å². The molecule has 0 bridgehead atoms. The van der Waals surface area contributed by atoms with Gasteiger partial charge in [0.2, 0.25) is 10.0 Å². The van der Waals surface area contributed by atoms with Gasteiger partial charge in [-0.15, -0.1) is 0 Å². The van der Waals surface area contributed by atoms with Crippen molar-refractivity contribution in [2.24, 2.45) is 0 Å². The fourth-order valence-electron chi connectivity index (χ4n) is 4.81. The maximum atomic E-state index is 13.7. The second-order valence-corrected chi connectivity index (χ2v) is 10.3. The monoisotopic (exact) mass is 442 g/mol. The Morgan fingerprint density at radius 1 is 0.871 bits per heavy atom. The molecule has 1 amide bonds. The molecule has 0 unspecified atom stereocenters. The van der Waals surface area contributed by atoms with E-state index in [1.54, 1.807) is 24.3 Å². The lowest BCUT2D eigenvalue weighted by atomic mass is 9.91. The van der Waals surface area contributed by atoms with E-state index in [-0.39, 0.29) is 23.7 Å². The van der Waals surface area contributed by atoms with Gasteiger partial charge in [0.05, 0.1) is 11.1 Å². The molecule has 2 aromatic rings. The van der Waals surface area contributed by atoms with Crippen LogP contribution in [-0.4, -0.2) is 40.7 Å². The minimum absolute atomic E-state index is 0.0953. The van der Waals surface area contributed by atoms with E-state index in [1.807, 2.05) is 4.31 Å². The first-order chi connectivity index (χ1) is 15.1. The molecular weight excluding hydrogens is 412 g/mol. The SMILES string of the molecule is O=C(Nc1ccc(S(=O)(=O)N(C2CCCCC2)C2CCCCC2)cc1)c1cnccn1. The number of hydrogen-bond acceptors (Lipinski definition) is 5. The highest BCUT2D eigenvalue weighted by Gasteiger charge is 2.38. The van der Waals surface area contributed by atoms with Crippen LogP contribution in [0, 0.1) is 0 Å². The van der Waals surface area contributed by atoms with E-state index in [9.17, 15) is 13.2 Å². The predicted molar refractivity (Wildman–Crippen MR) is 119 cm³/mol. The zero-order valence-corrected chi connectivity index (χ0v) is 18.6. The third-order valence-corrected chi connectivity index (χ3v) is 8.37. The van der Waals surface area contributed by atoms with Crippen LogP contribution in [0.1, 0.15) is 74.7 Å². The van der Waals surface area contributed by atoms with Gasteiger partial charge in [-0.05, 0) is 49.9 Å². The maximum absolute atomic E-state index is 13.7. The minimum Gasteiger partial charge on any atom is -0.321 e. The molecule has 1 aromatic carbocycles. The molecule has 2 fully saturated rings. The summed E-state index contributed by atoms with van der Waals surface area (Å²) in [6, 6.07) is 6.67. The van der Waals surface area contributed by atoms with Gasteiger partial charge in [-0.2, -0.15) is 4.31 Å². The van der Waals surface area contributed by atoms with Crippen LogP contribution in [0.25, 0.3) is 0 Å². The Balaban J connectivity index is 1.54. The Hall–Kier alpha value is -2.32. The van der Waals surface area contributed by atoms with Crippen molar-refractivity contribution in [3.05, 3.63) is 48.5 Å². The van der Waals surface area contributed by atoms with Crippen molar-refractivity contribution in [3.8, 4) is 0 Å². The van der Waals surface area contributed by atoms with Crippen molar-refractivity contribution >= 4 is 21.6 Å². The summed E-state index contributed by atoms with van der Waals surface area (Å²) in [5.74, 6) is -0.380. The average Bonchev–Trinajstić information content (AvgIpc) is 2.81. The molecule has 2 aliphatic carbocycles. The smallest absolute Gasteiger partial charge is 0.275 e. The van der Waals surface area contributed by atoms with Crippen molar-refractivity contribution in [1.29, 1.82) is 0 Å². The molecular formula is C23H30N4O3S. The molecule has 1 heterocycles. The molecule has 0 aliphatic heterocycles. The second kappa shape index (κ2) is 9.87. The van der Waals surface area contributed by atoms with E-state index >= 15 is 0 Å². The quantitative estimate of drug-likeness (QED) is 0.716. The van der Waals surface area contributed by atoms with Crippen LogP contribution >= 0.6 is 0 Å². The van der Waals surface area contributed by atoms with Gasteiger partial charge in [0.15, 0.2) is 0 Å². The van der Waals surface area contributed by atoms with Gasteiger partial charge in [-0.25, -0.2) is 13.4 Å². The van der Waals surface area contributed by atoms with Crippen LogP contribution in [0.3, 0.4) is 0 Å². The first-order valence-corrected chi connectivity index (χ1v) is 12.7. The second-order valence-electron chi connectivity index (χ2n) is 8.49. The Kier molecular flexibility index (Phi) is 6.97. The standard InChI is InChI=1S/C23H30N4O3S/c28-23(22-17-24-15-16-25-22)26-18-11-13-21(14-12-18)31(29,30)27(19-7-3-1-4-8-19)20-9-5-2-6-10-20/h11-17,19-20H,1-10H2,(H,26,28). The first kappa shape index (κ1) is 21.9. The number of hydrogen-bond donors (Lipinski definition) is 1. The lowest BCUT2D eigenvalue weighted by Crippen LogP contribution is -2.48. The number of amides is 1. The number of carbonyl (C=O) groups excluding carboxylic acids is 1. The summed E-state index contributed by atoms with van der Waals surface area (Å²) in [7, 11) is -3.60. The maximum Gasteiger partial charge on any atom is 0.275 e. The third-order valence-electron chi connectivity index (χ3n) is 6.35. The van der Waals surface area contributed by atoms with E-state index < -0.39 is 10.0 Å². The predicted octanol–water partition coefficient (Wildman–Crippen LogP) is 4.39. The topological polar surface area (TPSA) is 92.3 Å². The summed E-state index contributed by atoms with van der Waals surface area (Å²) < 4.78 is 29.3. The summed E-state index contributed by atoms with van der Waals surface area (Å²) in [4.78, 5) is 20.4. The largest absolute Gasteiger partial charge is 0.321 e. The molecule has 4 rings (SSSR count). The van der Waals surface area contributed by atoms with Crippen molar-refractivity contribution in [3.63, 3.8) is 0 Å². The Labute approximate surface area is 184 Å². The molecule has 7 nitrogen and oxygen atoms in total. The molecule has 31 heavy (non-hydrogen) atoms. The summed E-state index contributed by atoms with van der Waals surface area (Å²) in [6.07, 6.45) is 14.9. The van der Waals surface area contributed by atoms with E-state index in [0.29, 0.717) is 10.6 Å². The number of carbonyl (C=O) groups is 1. The minimum atomic E-state index is -3.60. The van der Waals surface area contributed by atoms with E-state index in [4.69, 9.17) is 0 Å². The van der Waals surface area contributed by atoms with Crippen LogP contribution in [-0.2, 0) is 10.0 Å². The molecule has 1 N–H and O–H groups in total. The summed E-state index contributed by atoms with van der Waals surface area (Å²) >= 11 is 0. The van der Waals surface area contributed by atoms with Crippen LogP contribution in [0.4, 0.5) is 5.69 Å². The highest BCUT2D eigenvalue weighted by Crippen LogP contribution is 2.35. The van der Waals surface area contributed by atoms with Gasteiger partial charge in [0.1, 0.15) is 5.69 Å². The molecule has 1 aromatic heterocycles. The Morgan fingerprint density at radius 3 is 1.97 bits per heavy atom. The van der Waals surface area contributed by atoms with Crippen molar-refractivity contribution in [1.82, 2.24) is 14.3 Å². The first-order valence-electron chi connectivity index (χ1n) is 11.3. The van der Waals surface area contributed by atoms with Crippen LogP contribution in [0.15, 0.2) is 47.8 Å². The van der Waals surface area contributed by atoms with Crippen LogP contribution in [0.5, 0.6) is 0 Å². The number of rotatable bonds is 6. The van der Waals surface area contributed by atoms with E-state index in [2.05, 4.69) is 15.3 Å². The highest BCUT2D eigenvalue weighted by atomic mass is 32.2. The molecule has 2 saturated carbocycles. The molecule has 8 heteroatoms. The average molecular weight is 443 g/mol. The molecule has 0 atom stereocenters. The van der Waals surface area contributed by atoms with Gasteiger partial charge < -0.3 is 5.32 Å². The Morgan fingerprint density at radius 2 is 1.45 bits per heavy atom. The van der Waals surface area contributed by atoms with Gasteiger partial charge in [0.25, 0.3) is 5.91 Å². The molecule has 0 saturated heterocycles. The van der Waals surface area contributed by atoms with Crippen molar-refractivity contribution in [2.45, 2.75) is 81.2 Å².